The number of fused-ring (bicyclic) bond motifs is 1. The number of aromatic carboxylic acids is 1. The summed E-state index contributed by atoms with van der Waals surface area (Å²) in [6, 6.07) is 7.02. The lowest BCUT2D eigenvalue weighted by molar-refractivity contribution is 0.0699. The number of carboxylic acids is 1. The molecular weight excluding hydrogens is 284 g/mol. The molecule has 2 rings (SSSR count). The molecule has 88 valence electrons. The largest absolute Gasteiger partial charge is 0.478 e. The fourth-order valence-corrected chi connectivity index (χ4v) is 2.17. The van der Waals surface area contributed by atoms with Crippen LogP contribution in [-0.2, 0) is 6.54 Å². The van der Waals surface area contributed by atoms with E-state index in [1.165, 1.54) is 0 Å². The third kappa shape index (κ3) is 2.30. The van der Waals surface area contributed by atoms with Gasteiger partial charge in [-0.15, -0.1) is 0 Å². The second-order valence-corrected chi connectivity index (χ2v) is 4.49. The van der Waals surface area contributed by atoms with Gasteiger partial charge in [-0.05, 0) is 35.1 Å². The molecule has 0 saturated heterocycles. The molecule has 0 fully saturated rings. The minimum Gasteiger partial charge on any atom is -0.478 e. The van der Waals surface area contributed by atoms with E-state index in [2.05, 4.69) is 26.2 Å². The van der Waals surface area contributed by atoms with Gasteiger partial charge in [0.15, 0.2) is 0 Å². The summed E-state index contributed by atoms with van der Waals surface area (Å²) in [6.07, 6.45) is 0. The second-order valence-electron chi connectivity index (χ2n) is 3.63. The highest BCUT2D eigenvalue weighted by Gasteiger charge is 2.12. The molecule has 5 heteroatoms. The van der Waals surface area contributed by atoms with Crippen LogP contribution in [0.4, 0.5) is 0 Å². The van der Waals surface area contributed by atoms with Crippen molar-refractivity contribution in [2.75, 3.05) is 7.05 Å². The van der Waals surface area contributed by atoms with Gasteiger partial charge < -0.3 is 10.4 Å². The molecule has 0 saturated carbocycles. The maximum absolute atomic E-state index is 11.2. The summed E-state index contributed by atoms with van der Waals surface area (Å²) in [4.78, 5) is 15.7. The number of nitrogens with one attached hydrogen (secondary N) is 1. The number of pyridine rings is 1. The van der Waals surface area contributed by atoms with Crippen molar-refractivity contribution in [2.24, 2.45) is 0 Å². The molecule has 1 aromatic heterocycles. The summed E-state index contributed by atoms with van der Waals surface area (Å²) in [6.45, 7) is 0.539. The van der Waals surface area contributed by atoms with Crippen LogP contribution in [0.1, 0.15) is 16.1 Å². The number of aromatic nitrogens is 1. The Balaban J connectivity index is 2.76. The molecule has 0 radical (unpaired) electrons. The second kappa shape index (κ2) is 4.81. The summed E-state index contributed by atoms with van der Waals surface area (Å²) < 4.78 is 0.801. The molecule has 0 unspecified atom stereocenters. The molecule has 0 spiro atoms. The van der Waals surface area contributed by atoms with Crippen molar-refractivity contribution >= 4 is 32.8 Å². The minimum absolute atomic E-state index is 0.279. The van der Waals surface area contributed by atoms with Crippen molar-refractivity contribution in [3.8, 4) is 0 Å². The van der Waals surface area contributed by atoms with Crippen LogP contribution in [-0.4, -0.2) is 23.1 Å². The lowest BCUT2D eigenvalue weighted by Crippen LogP contribution is -2.09. The first-order valence-electron chi connectivity index (χ1n) is 5.09. The first-order chi connectivity index (χ1) is 8.13. The fourth-order valence-electron chi connectivity index (χ4n) is 1.72. The highest BCUT2D eigenvalue weighted by atomic mass is 79.9. The van der Waals surface area contributed by atoms with Crippen molar-refractivity contribution in [1.82, 2.24) is 10.3 Å². The Bertz CT molecular complexity index is 584. The first kappa shape index (κ1) is 12.0. The molecule has 2 N–H and O–H groups in total. The van der Waals surface area contributed by atoms with E-state index in [-0.39, 0.29) is 5.56 Å². The average Bonchev–Trinajstić information content (AvgIpc) is 2.29. The van der Waals surface area contributed by atoms with Gasteiger partial charge in [-0.25, -0.2) is 4.79 Å². The van der Waals surface area contributed by atoms with E-state index in [0.717, 1.165) is 4.47 Å². The van der Waals surface area contributed by atoms with Gasteiger partial charge in [-0.2, -0.15) is 0 Å². The fraction of sp³-hybridized carbons (Fsp3) is 0.167. The van der Waals surface area contributed by atoms with E-state index < -0.39 is 5.97 Å². The standard InChI is InChI=1S/C12H11BrN2O2/c1-14-6-7-5-9(12(16)17)8-3-2-4-10(13)11(8)15-7/h2-5,14H,6H2,1H3,(H,16,17). The zero-order chi connectivity index (χ0) is 12.4. The Morgan fingerprint density at radius 1 is 1.53 bits per heavy atom. The molecule has 0 bridgehead atoms. The molecule has 17 heavy (non-hydrogen) atoms. The Labute approximate surface area is 107 Å². The summed E-state index contributed by atoms with van der Waals surface area (Å²) in [5.41, 5.74) is 1.67. The van der Waals surface area contributed by atoms with Crippen LogP contribution in [0.5, 0.6) is 0 Å². The average molecular weight is 295 g/mol. The molecule has 0 aliphatic rings. The quantitative estimate of drug-likeness (QED) is 0.913. The van der Waals surface area contributed by atoms with Gasteiger partial charge in [0, 0.05) is 16.4 Å². The van der Waals surface area contributed by atoms with E-state index in [0.29, 0.717) is 23.1 Å². The lowest BCUT2D eigenvalue weighted by atomic mass is 10.1. The molecule has 0 atom stereocenters. The SMILES string of the molecule is CNCc1cc(C(=O)O)c2cccc(Br)c2n1. The van der Waals surface area contributed by atoms with Crippen molar-refractivity contribution in [2.45, 2.75) is 6.54 Å². The number of benzene rings is 1. The maximum Gasteiger partial charge on any atom is 0.336 e. The Kier molecular flexibility index (Phi) is 3.40. The molecule has 0 amide bonds. The number of hydrogen-bond acceptors (Lipinski definition) is 3. The molecule has 4 nitrogen and oxygen atoms in total. The summed E-state index contributed by atoms with van der Waals surface area (Å²) >= 11 is 3.39. The van der Waals surface area contributed by atoms with Crippen LogP contribution in [0.25, 0.3) is 10.9 Å². The third-order valence-electron chi connectivity index (χ3n) is 2.43. The van der Waals surface area contributed by atoms with Crippen LogP contribution >= 0.6 is 15.9 Å². The van der Waals surface area contributed by atoms with Gasteiger partial charge in [0.1, 0.15) is 0 Å². The first-order valence-corrected chi connectivity index (χ1v) is 5.89. The molecule has 1 aromatic carbocycles. The summed E-state index contributed by atoms with van der Waals surface area (Å²) in [5, 5.41) is 12.8. The van der Waals surface area contributed by atoms with Crippen molar-refractivity contribution in [1.29, 1.82) is 0 Å². The van der Waals surface area contributed by atoms with Crippen LogP contribution < -0.4 is 5.32 Å². The zero-order valence-electron chi connectivity index (χ0n) is 9.20. The highest BCUT2D eigenvalue weighted by molar-refractivity contribution is 9.10. The zero-order valence-corrected chi connectivity index (χ0v) is 10.8. The Hall–Kier alpha value is -1.46. The summed E-state index contributed by atoms with van der Waals surface area (Å²) in [7, 11) is 1.80. The van der Waals surface area contributed by atoms with E-state index in [1.54, 1.807) is 25.2 Å². The molecule has 0 aliphatic carbocycles. The van der Waals surface area contributed by atoms with E-state index in [4.69, 9.17) is 0 Å². The van der Waals surface area contributed by atoms with E-state index in [9.17, 15) is 9.90 Å². The van der Waals surface area contributed by atoms with Crippen LogP contribution in [0.15, 0.2) is 28.7 Å². The molecular formula is C12H11BrN2O2. The number of rotatable bonds is 3. The Morgan fingerprint density at radius 3 is 2.94 bits per heavy atom. The smallest absolute Gasteiger partial charge is 0.336 e. The third-order valence-corrected chi connectivity index (χ3v) is 3.07. The van der Waals surface area contributed by atoms with Gasteiger partial charge in [0.05, 0.1) is 16.8 Å². The number of carbonyl (C=O) groups is 1. The monoisotopic (exact) mass is 294 g/mol. The normalized spacial score (nSPS) is 10.7. The minimum atomic E-state index is -0.937. The maximum atomic E-state index is 11.2. The summed E-state index contributed by atoms with van der Waals surface area (Å²) in [5.74, 6) is -0.937. The number of para-hydroxylation sites is 1. The van der Waals surface area contributed by atoms with Crippen molar-refractivity contribution < 1.29 is 9.90 Å². The van der Waals surface area contributed by atoms with Gasteiger partial charge in [0.25, 0.3) is 0 Å². The van der Waals surface area contributed by atoms with Gasteiger partial charge in [-0.3, -0.25) is 4.98 Å². The van der Waals surface area contributed by atoms with Crippen molar-refractivity contribution in [3.05, 3.63) is 40.0 Å². The predicted molar refractivity (Wildman–Crippen MR) is 69.2 cm³/mol. The van der Waals surface area contributed by atoms with Crippen LogP contribution in [0.2, 0.25) is 0 Å². The lowest BCUT2D eigenvalue weighted by Gasteiger charge is -2.07. The van der Waals surface area contributed by atoms with Gasteiger partial charge in [-0.1, -0.05) is 12.1 Å². The van der Waals surface area contributed by atoms with Gasteiger partial charge >= 0.3 is 5.97 Å². The Morgan fingerprint density at radius 2 is 2.29 bits per heavy atom. The topological polar surface area (TPSA) is 62.2 Å². The number of hydrogen-bond donors (Lipinski definition) is 2. The van der Waals surface area contributed by atoms with Crippen molar-refractivity contribution in [3.63, 3.8) is 0 Å². The predicted octanol–water partition coefficient (Wildman–Crippen LogP) is 2.41. The highest BCUT2D eigenvalue weighted by Crippen LogP contribution is 2.25. The number of nitrogens with zero attached hydrogens (tertiary/aromatic N) is 1. The van der Waals surface area contributed by atoms with Gasteiger partial charge in [0.2, 0.25) is 0 Å². The number of carboxylic acid groups (broad SMARTS) is 1. The van der Waals surface area contributed by atoms with E-state index in [1.807, 2.05) is 6.07 Å². The van der Waals surface area contributed by atoms with Crippen LogP contribution in [0.3, 0.4) is 0 Å². The van der Waals surface area contributed by atoms with Crippen LogP contribution in [0, 0.1) is 0 Å². The molecule has 0 aliphatic heterocycles. The molecule has 2 aromatic rings. The molecule has 1 heterocycles. The number of halogens is 1. The van der Waals surface area contributed by atoms with E-state index >= 15 is 0 Å².